The summed E-state index contributed by atoms with van der Waals surface area (Å²) >= 11 is 0. The summed E-state index contributed by atoms with van der Waals surface area (Å²) in [6.45, 7) is 12.7. The van der Waals surface area contributed by atoms with Crippen molar-refractivity contribution in [3.8, 4) is 5.75 Å². The number of piperidine rings is 1. The number of para-hydroxylation sites is 1. The van der Waals surface area contributed by atoms with E-state index in [1.807, 2.05) is 19.9 Å². The number of nitrogens with zero attached hydrogens (tertiary/aromatic N) is 3. The van der Waals surface area contributed by atoms with Crippen LogP contribution < -0.4 is 15.4 Å². The van der Waals surface area contributed by atoms with Gasteiger partial charge in [-0.2, -0.15) is 9.97 Å². The van der Waals surface area contributed by atoms with E-state index < -0.39 is 15.1 Å². The van der Waals surface area contributed by atoms with Gasteiger partial charge >= 0.3 is 0 Å². The number of benzene rings is 2. The molecule has 1 fully saturated rings. The van der Waals surface area contributed by atoms with Crippen molar-refractivity contribution in [2.75, 3.05) is 36.9 Å². The van der Waals surface area contributed by atoms with Gasteiger partial charge in [0.15, 0.2) is 9.84 Å². The number of aliphatic hydroxyl groups excluding tert-OH is 1. The molecule has 44 heavy (non-hydrogen) atoms. The Hall–Kier alpha value is -3.67. The molecule has 1 aliphatic heterocycles. The van der Waals surface area contributed by atoms with Crippen LogP contribution in [0.4, 0.5) is 23.1 Å². The highest BCUT2D eigenvalue weighted by Crippen LogP contribution is 2.38. The summed E-state index contributed by atoms with van der Waals surface area (Å²) in [5.41, 5.74) is 4.30. The van der Waals surface area contributed by atoms with Crippen molar-refractivity contribution < 1.29 is 18.3 Å². The molecular weight excluding hydrogens is 576 g/mol. The number of sulfone groups is 1. The number of hydrogen-bond donors (Lipinski definition) is 4. The fourth-order valence-electron chi connectivity index (χ4n) is 5.77. The van der Waals surface area contributed by atoms with E-state index in [4.69, 9.17) is 14.7 Å². The number of aromatic amines is 1. The lowest BCUT2D eigenvalue weighted by Gasteiger charge is -2.33. The van der Waals surface area contributed by atoms with Crippen molar-refractivity contribution in [2.45, 2.75) is 76.0 Å². The number of aliphatic hydroxyl groups is 1. The van der Waals surface area contributed by atoms with Crippen LogP contribution in [0.1, 0.15) is 64.0 Å². The standard InChI is InChI=1S/C33H44N6O4S/c1-21(2)43-29-20-26(24-12-16-39(17-13-24)15-8-18-40)23(5)19-28(29)36-33-37-31-25(11-14-34-31)32(38-33)35-27-9-6-7-10-30(27)44(41,42)22(3)4/h6-7,9-11,14,19-22,24,40H,8,12-13,15-18H2,1-5H3,(H3,34,35,36,37,38). The molecule has 5 rings (SSSR count). The zero-order valence-electron chi connectivity index (χ0n) is 26.2. The molecular formula is C33H44N6O4S. The number of hydrogen-bond acceptors (Lipinski definition) is 9. The van der Waals surface area contributed by atoms with Gasteiger partial charge in [0.25, 0.3) is 0 Å². The van der Waals surface area contributed by atoms with Crippen molar-refractivity contribution >= 4 is 44.0 Å². The number of H-pyrrole nitrogens is 1. The number of likely N-dealkylation sites (tertiary alicyclic amines) is 1. The molecule has 2 aromatic heterocycles. The maximum Gasteiger partial charge on any atom is 0.231 e. The van der Waals surface area contributed by atoms with Crippen molar-refractivity contribution in [3.63, 3.8) is 0 Å². The molecule has 0 atom stereocenters. The van der Waals surface area contributed by atoms with Crippen LogP contribution in [0, 0.1) is 6.92 Å². The number of fused-ring (bicyclic) bond motifs is 1. The first-order valence-electron chi connectivity index (χ1n) is 15.4. The largest absolute Gasteiger partial charge is 0.489 e. The van der Waals surface area contributed by atoms with Gasteiger partial charge in [-0.15, -0.1) is 0 Å². The van der Waals surface area contributed by atoms with Crippen LogP contribution in [-0.4, -0.2) is 71.0 Å². The van der Waals surface area contributed by atoms with Gasteiger partial charge in [-0.3, -0.25) is 0 Å². The molecule has 2 aromatic carbocycles. The van der Waals surface area contributed by atoms with Gasteiger partial charge in [-0.05, 0) is 114 Å². The quantitative estimate of drug-likeness (QED) is 0.144. The highest BCUT2D eigenvalue weighted by Gasteiger charge is 2.25. The molecule has 4 aromatic rings. The number of rotatable bonds is 12. The Balaban J connectivity index is 1.46. The number of anilines is 4. The predicted octanol–water partition coefficient (Wildman–Crippen LogP) is 6.28. The van der Waals surface area contributed by atoms with Gasteiger partial charge in [-0.1, -0.05) is 12.1 Å². The second-order valence-electron chi connectivity index (χ2n) is 12.0. The zero-order valence-corrected chi connectivity index (χ0v) is 27.0. The van der Waals surface area contributed by atoms with Crippen molar-refractivity contribution in [3.05, 3.63) is 59.8 Å². The Morgan fingerprint density at radius 3 is 2.50 bits per heavy atom. The Bertz CT molecular complexity index is 1690. The minimum atomic E-state index is -3.53. The van der Waals surface area contributed by atoms with E-state index in [1.54, 1.807) is 44.3 Å². The molecule has 11 heteroatoms. The molecule has 4 N–H and O–H groups in total. The monoisotopic (exact) mass is 620 g/mol. The smallest absolute Gasteiger partial charge is 0.231 e. The first-order valence-corrected chi connectivity index (χ1v) is 17.0. The second-order valence-corrected chi connectivity index (χ2v) is 14.5. The lowest BCUT2D eigenvalue weighted by atomic mass is 9.86. The molecule has 0 bridgehead atoms. The van der Waals surface area contributed by atoms with Gasteiger partial charge in [0.2, 0.25) is 5.95 Å². The second kappa shape index (κ2) is 13.5. The van der Waals surface area contributed by atoms with Crippen molar-refractivity contribution in [2.24, 2.45) is 0 Å². The number of aromatic nitrogens is 3. The minimum absolute atomic E-state index is 0.0325. The van der Waals surface area contributed by atoms with Crippen molar-refractivity contribution in [1.82, 2.24) is 19.9 Å². The molecule has 0 saturated carbocycles. The maximum absolute atomic E-state index is 13.1. The first kappa shape index (κ1) is 31.7. The van der Waals surface area contributed by atoms with Gasteiger partial charge in [0, 0.05) is 19.3 Å². The summed E-state index contributed by atoms with van der Waals surface area (Å²) in [7, 11) is -3.53. The van der Waals surface area contributed by atoms with Gasteiger partial charge in [-0.25, -0.2) is 8.42 Å². The van der Waals surface area contributed by atoms with E-state index in [9.17, 15) is 13.5 Å². The topological polar surface area (TPSA) is 132 Å². The Kier molecular flexibility index (Phi) is 9.77. The third-order valence-corrected chi connectivity index (χ3v) is 10.3. The molecule has 0 amide bonds. The zero-order chi connectivity index (χ0) is 31.4. The van der Waals surface area contributed by atoms with E-state index in [-0.39, 0.29) is 17.6 Å². The molecule has 0 spiro atoms. The molecule has 10 nitrogen and oxygen atoms in total. The van der Waals surface area contributed by atoms with Crippen LogP contribution in [0.2, 0.25) is 0 Å². The predicted molar refractivity (Wildman–Crippen MR) is 176 cm³/mol. The van der Waals surface area contributed by atoms with E-state index >= 15 is 0 Å². The first-order chi connectivity index (χ1) is 21.1. The van der Waals surface area contributed by atoms with Crippen LogP contribution in [-0.2, 0) is 9.84 Å². The molecule has 0 aliphatic carbocycles. The van der Waals surface area contributed by atoms with Crippen LogP contribution in [0.5, 0.6) is 5.75 Å². The summed E-state index contributed by atoms with van der Waals surface area (Å²) in [5, 5.41) is 16.0. The summed E-state index contributed by atoms with van der Waals surface area (Å²) in [6, 6.07) is 13.0. The van der Waals surface area contributed by atoms with E-state index in [2.05, 4.69) is 39.6 Å². The minimum Gasteiger partial charge on any atom is -0.489 e. The molecule has 0 radical (unpaired) electrons. The third-order valence-electron chi connectivity index (χ3n) is 8.12. The SMILES string of the molecule is Cc1cc(Nc2nc(Nc3ccccc3S(=O)(=O)C(C)C)c3cc[nH]c3n2)c(OC(C)C)cc1C1CCN(CCCO)CC1. The molecule has 1 aliphatic rings. The fourth-order valence-corrected chi connectivity index (χ4v) is 6.97. The Morgan fingerprint density at radius 2 is 1.80 bits per heavy atom. The van der Waals surface area contributed by atoms with Gasteiger partial charge in [0.1, 0.15) is 17.2 Å². The summed E-state index contributed by atoms with van der Waals surface area (Å²) in [6.07, 6.45) is 4.70. The normalized spacial score (nSPS) is 14.9. The average molecular weight is 621 g/mol. The van der Waals surface area contributed by atoms with Crippen LogP contribution in [0.3, 0.4) is 0 Å². The van der Waals surface area contributed by atoms with E-state index in [0.29, 0.717) is 29.0 Å². The number of nitrogens with one attached hydrogen (secondary N) is 3. The molecule has 1 saturated heterocycles. The summed E-state index contributed by atoms with van der Waals surface area (Å²) in [5.74, 6) is 2.01. The highest BCUT2D eigenvalue weighted by molar-refractivity contribution is 7.92. The Morgan fingerprint density at radius 1 is 1.05 bits per heavy atom. The maximum atomic E-state index is 13.1. The van der Waals surface area contributed by atoms with Crippen molar-refractivity contribution in [1.29, 1.82) is 0 Å². The van der Waals surface area contributed by atoms with E-state index in [1.165, 1.54) is 11.1 Å². The number of aryl methyl sites for hydroxylation is 1. The average Bonchev–Trinajstić information content (AvgIpc) is 3.47. The van der Waals surface area contributed by atoms with Gasteiger partial charge in [0.05, 0.1) is 33.0 Å². The molecule has 236 valence electrons. The number of ether oxygens (including phenoxy) is 1. The molecule has 3 heterocycles. The van der Waals surface area contributed by atoms with Crippen LogP contribution >= 0.6 is 0 Å². The van der Waals surface area contributed by atoms with Crippen LogP contribution in [0.25, 0.3) is 11.0 Å². The van der Waals surface area contributed by atoms with E-state index in [0.717, 1.165) is 55.7 Å². The summed E-state index contributed by atoms with van der Waals surface area (Å²) in [4.78, 5) is 15.3. The lowest BCUT2D eigenvalue weighted by Crippen LogP contribution is -2.34. The summed E-state index contributed by atoms with van der Waals surface area (Å²) < 4.78 is 32.5. The lowest BCUT2D eigenvalue weighted by molar-refractivity contribution is 0.187. The van der Waals surface area contributed by atoms with Gasteiger partial charge < -0.3 is 30.4 Å². The third kappa shape index (κ3) is 7.00. The van der Waals surface area contributed by atoms with Crippen LogP contribution in [0.15, 0.2) is 53.6 Å². The highest BCUT2D eigenvalue weighted by atomic mass is 32.2. The molecule has 0 unspecified atom stereocenters. The Labute approximate surface area is 260 Å². The fraction of sp³-hybridized carbons (Fsp3) is 0.455.